The molecular weight excluding hydrogens is 273 g/mol. The number of aliphatic hydroxyl groups excluding tert-OH is 1. The van der Waals surface area contributed by atoms with Crippen LogP contribution in [0, 0.1) is 11.7 Å². The Labute approximate surface area is 123 Å². The number of nitrogen functional groups attached to an aromatic ring is 1. The SMILES string of the molecule is CC(O)C1CCN(CC(=O)Nc2cc(F)ccc2N)CC1. The second kappa shape index (κ2) is 6.87. The molecule has 1 aliphatic rings. The van der Waals surface area contributed by atoms with Crippen molar-refractivity contribution in [3.05, 3.63) is 24.0 Å². The fraction of sp³-hybridized carbons (Fsp3) is 0.533. The molecule has 0 bridgehead atoms. The normalized spacial score (nSPS) is 18.4. The van der Waals surface area contributed by atoms with E-state index in [0.29, 0.717) is 17.3 Å². The smallest absolute Gasteiger partial charge is 0.238 e. The molecule has 1 heterocycles. The van der Waals surface area contributed by atoms with Crippen molar-refractivity contribution in [1.82, 2.24) is 4.90 Å². The van der Waals surface area contributed by atoms with Crippen molar-refractivity contribution in [3.8, 4) is 0 Å². The van der Waals surface area contributed by atoms with Crippen molar-refractivity contribution in [2.24, 2.45) is 5.92 Å². The molecule has 116 valence electrons. The van der Waals surface area contributed by atoms with Gasteiger partial charge in [-0.3, -0.25) is 9.69 Å². The number of likely N-dealkylation sites (tertiary alicyclic amines) is 1. The van der Waals surface area contributed by atoms with Gasteiger partial charge in [0.15, 0.2) is 0 Å². The van der Waals surface area contributed by atoms with E-state index in [9.17, 15) is 14.3 Å². The summed E-state index contributed by atoms with van der Waals surface area (Å²) in [6.45, 7) is 3.62. The highest BCUT2D eigenvalue weighted by Crippen LogP contribution is 2.21. The average Bonchev–Trinajstić information content (AvgIpc) is 2.43. The Bertz CT molecular complexity index is 500. The Morgan fingerprint density at radius 2 is 2.19 bits per heavy atom. The van der Waals surface area contributed by atoms with Crippen LogP contribution in [0.1, 0.15) is 19.8 Å². The Kier molecular flexibility index (Phi) is 5.14. The summed E-state index contributed by atoms with van der Waals surface area (Å²) < 4.78 is 13.1. The number of rotatable bonds is 4. The largest absolute Gasteiger partial charge is 0.397 e. The third-order valence-electron chi connectivity index (χ3n) is 3.97. The van der Waals surface area contributed by atoms with Crippen LogP contribution in [0.15, 0.2) is 18.2 Å². The van der Waals surface area contributed by atoms with Gasteiger partial charge in [0.1, 0.15) is 5.82 Å². The molecule has 2 rings (SSSR count). The highest BCUT2D eigenvalue weighted by atomic mass is 19.1. The number of nitrogens with two attached hydrogens (primary N) is 1. The summed E-state index contributed by atoms with van der Waals surface area (Å²) in [5.74, 6) is -0.330. The first-order chi connectivity index (χ1) is 9.95. The number of carbonyl (C=O) groups is 1. The van der Waals surface area contributed by atoms with Crippen LogP contribution in [0.3, 0.4) is 0 Å². The first kappa shape index (κ1) is 15.7. The standard InChI is InChI=1S/C15H22FN3O2/c1-10(20)11-4-6-19(7-5-11)9-15(21)18-14-8-12(16)2-3-13(14)17/h2-3,8,10-11,20H,4-7,9,17H2,1H3,(H,18,21). The van der Waals surface area contributed by atoms with Gasteiger partial charge >= 0.3 is 0 Å². The van der Waals surface area contributed by atoms with Gasteiger partial charge in [-0.25, -0.2) is 4.39 Å². The first-order valence-electron chi connectivity index (χ1n) is 7.21. The third kappa shape index (κ3) is 4.41. The lowest BCUT2D eigenvalue weighted by atomic mass is 9.92. The van der Waals surface area contributed by atoms with E-state index in [1.807, 2.05) is 4.90 Å². The molecule has 1 amide bonds. The van der Waals surface area contributed by atoms with Gasteiger partial charge < -0.3 is 16.2 Å². The zero-order valence-electron chi connectivity index (χ0n) is 12.2. The fourth-order valence-corrected chi connectivity index (χ4v) is 2.62. The molecule has 21 heavy (non-hydrogen) atoms. The molecule has 0 radical (unpaired) electrons. The van der Waals surface area contributed by atoms with Crippen molar-refractivity contribution in [2.75, 3.05) is 30.7 Å². The van der Waals surface area contributed by atoms with Gasteiger partial charge in [-0.2, -0.15) is 0 Å². The molecule has 0 saturated carbocycles. The number of aliphatic hydroxyl groups is 1. The maximum Gasteiger partial charge on any atom is 0.238 e. The highest BCUT2D eigenvalue weighted by molar-refractivity contribution is 5.95. The topological polar surface area (TPSA) is 78.6 Å². The van der Waals surface area contributed by atoms with E-state index < -0.39 is 5.82 Å². The second-order valence-corrected chi connectivity index (χ2v) is 5.63. The number of benzene rings is 1. The van der Waals surface area contributed by atoms with Crippen molar-refractivity contribution in [1.29, 1.82) is 0 Å². The number of amides is 1. The maximum atomic E-state index is 13.1. The molecule has 0 aliphatic carbocycles. The summed E-state index contributed by atoms with van der Waals surface area (Å²) in [4.78, 5) is 14.0. The van der Waals surface area contributed by atoms with Crippen LogP contribution in [0.2, 0.25) is 0 Å². The summed E-state index contributed by atoms with van der Waals surface area (Å²) in [6.07, 6.45) is 1.47. The van der Waals surface area contributed by atoms with Gasteiger partial charge in [0.2, 0.25) is 5.91 Å². The summed E-state index contributed by atoms with van der Waals surface area (Å²) >= 11 is 0. The quantitative estimate of drug-likeness (QED) is 0.734. The number of nitrogens with zero attached hydrogens (tertiary/aromatic N) is 1. The molecule has 6 heteroatoms. The lowest BCUT2D eigenvalue weighted by Crippen LogP contribution is -2.41. The predicted molar refractivity (Wildman–Crippen MR) is 80.3 cm³/mol. The third-order valence-corrected chi connectivity index (χ3v) is 3.97. The summed E-state index contributed by atoms with van der Waals surface area (Å²) in [6, 6.07) is 3.90. The number of piperidine rings is 1. The van der Waals surface area contributed by atoms with Gasteiger partial charge in [-0.1, -0.05) is 0 Å². The molecule has 1 aliphatic heterocycles. The number of halogens is 1. The minimum absolute atomic E-state index is 0.206. The van der Waals surface area contributed by atoms with E-state index in [2.05, 4.69) is 5.32 Å². The van der Waals surface area contributed by atoms with Crippen LogP contribution >= 0.6 is 0 Å². The Morgan fingerprint density at radius 3 is 2.81 bits per heavy atom. The maximum absolute atomic E-state index is 13.1. The molecule has 1 aromatic rings. The van der Waals surface area contributed by atoms with E-state index in [4.69, 9.17) is 5.73 Å². The van der Waals surface area contributed by atoms with Crippen molar-refractivity contribution in [3.63, 3.8) is 0 Å². The lowest BCUT2D eigenvalue weighted by molar-refractivity contribution is -0.117. The van der Waals surface area contributed by atoms with Gasteiger partial charge in [0.05, 0.1) is 24.0 Å². The van der Waals surface area contributed by atoms with E-state index in [-0.39, 0.29) is 18.6 Å². The van der Waals surface area contributed by atoms with E-state index >= 15 is 0 Å². The number of hydrogen-bond donors (Lipinski definition) is 3. The molecule has 1 aromatic carbocycles. The van der Waals surface area contributed by atoms with Crippen LogP contribution in [-0.2, 0) is 4.79 Å². The number of nitrogens with one attached hydrogen (secondary N) is 1. The number of carbonyl (C=O) groups excluding carboxylic acids is 1. The van der Waals surface area contributed by atoms with E-state index in [0.717, 1.165) is 25.9 Å². The Hall–Kier alpha value is -1.66. The van der Waals surface area contributed by atoms with Crippen molar-refractivity contribution in [2.45, 2.75) is 25.9 Å². The molecule has 1 unspecified atom stereocenters. The highest BCUT2D eigenvalue weighted by Gasteiger charge is 2.23. The van der Waals surface area contributed by atoms with Gasteiger partial charge in [0, 0.05) is 0 Å². The van der Waals surface area contributed by atoms with Crippen LogP contribution < -0.4 is 11.1 Å². The molecule has 0 spiro atoms. The van der Waals surface area contributed by atoms with Crippen LogP contribution in [0.25, 0.3) is 0 Å². The summed E-state index contributed by atoms with van der Waals surface area (Å²) in [5.41, 5.74) is 6.35. The zero-order valence-corrected chi connectivity index (χ0v) is 12.2. The molecule has 1 atom stereocenters. The van der Waals surface area contributed by atoms with Gasteiger partial charge in [-0.15, -0.1) is 0 Å². The molecular formula is C15H22FN3O2. The minimum Gasteiger partial charge on any atom is -0.397 e. The molecule has 4 N–H and O–H groups in total. The van der Waals surface area contributed by atoms with E-state index in [1.165, 1.54) is 18.2 Å². The number of hydrogen-bond acceptors (Lipinski definition) is 4. The zero-order chi connectivity index (χ0) is 15.4. The van der Waals surface area contributed by atoms with Crippen molar-refractivity contribution >= 4 is 17.3 Å². The van der Waals surface area contributed by atoms with Crippen LogP contribution in [0.4, 0.5) is 15.8 Å². The summed E-state index contributed by atoms with van der Waals surface area (Å²) in [7, 11) is 0. The molecule has 5 nitrogen and oxygen atoms in total. The van der Waals surface area contributed by atoms with Gasteiger partial charge in [-0.05, 0) is 57.0 Å². The van der Waals surface area contributed by atoms with Crippen molar-refractivity contribution < 1.29 is 14.3 Å². The molecule has 1 fully saturated rings. The second-order valence-electron chi connectivity index (χ2n) is 5.63. The number of anilines is 2. The van der Waals surface area contributed by atoms with Crippen LogP contribution in [-0.4, -0.2) is 41.7 Å². The minimum atomic E-state index is -0.433. The fourth-order valence-electron chi connectivity index (χ4n) is 2.62. The average molecular weight is 295 g/mol. The monoisotopic (exact) mass is 295 g/mol. The molecule has 1 saturated heterocycles. The molecule has 0 aromatic heterocycles. The van der Waals surface area contributed by atoms with Gasteiger partial charge in [0.25, 0.3) is 0 Å². The lowest BCUT2D eigenvalue weighted by Gasteiger charge is -2.32. The van der Waals surface area contributed by atoms with E-state index in [1.54, 1.807) is 6.92 Å². The Balaban J connectivity index is 1.84. The first-order valence-corrected chi connectivity index (χ1v) is 7.21. The Morgan fingerprint density at radius 1 is 1.52 bits per heavy atom. The van der Waals surface area contributed by atoms with Crippen LogP contribution in [0.5, 0.6) is 0 Å². The summed E-state index contributed by atoms with van der Waals surface area (Å²) in [5, 5.41) is 12.2. The predicted octanol–water partition coefficient (Wildman–Crippen LogP) is 1.44.